The molecular weight excluding hydrogens is 247 g/mol. The average Bonchev–Trinajstić information content (AvgIpc) is 2.63. The van der Waals surface area contributed by atoms with Gasteiger partial charge in [-0.15, -0.1) is 0 Å². The van der Waals surface area contributed by atoms with Crippen molar-refractivity contribution in [2.24, 2.45) is 0 Å². The molecule has 88 valence electrons. The second-order valence-electron chi connectivity index (χ2n) is 3.45. The summed E-state index contributed by atoms with van der Waals surface area (Å²) in [6.07, 6.45) is 1.42. The first-order valence-corrected chi connectivity index (χ1v) is 5.15. The van der Waals surface area contributed by atoms with Gasteiger partial charge in [0, 0.05) is 6.20 Å². The number of rotatable bonds is 3. The Bertz CT molecular complexity index is 551. The summed E-state index contributed by atoms with van der Waals surface area (Å²) in [5.74, 6) is -1.49. The van der Waals surface area contributed by atoms with Crippen LogP contribution in [0.2, 0.25) is 5.02 Å². The van der Waals surface area contributed by atoms with Crippen molar-refractivity contribution in [3.8, 4) is 0 Å². The van der Waals surface area contributed by atoms with Crippen LogP contribution in [0.3, 0.4) is 0 Å². The molecule has 0 saturated carbocycles. The maximum atomic E-state index is 12.7. The van der Waals surface area contributed by atoms with E-state index in [1.54, 1.807) is 12.1 Å². The molecular formula is C11H8ClFN2O2. The van der Waals surface area contributed by atoms with E-state index in [-0.39, 0.29) is 16.5 Å². The number of aromatic carboxylic acids is 1. The molecule has 0 atom stereocenters. The normalized spacial score (nSPS) is 10.5. The van der Waals surface area contributed by atoms with E-state index in [2.05, 4.69) is 5.10 Å². The number of halogens is 2. The summed E-state index contributed by atoms with van der Waals surface area (Å²) < 4.78 is 14.1. The molecule has 0 fully saturated rings. The van der Waals surface area contributed by atoms with Crippen LogP contribution >= 0.6 is 11.6 Å². The van der Waals surface area contributed by atoms with Crippen molar-refractivity contribution in [2.45, 2.75) is 6.54 Å². The number of benzene rings is 1. The van der Waals surface area contributed by atoms with Crippen molar-refractivity contribution in [3.63, 3.8) is 0 Å². The SMILES string of the molecule is O=C(O)c1nn(Cc2ccc(F)cc2)cc1Cl. The van der Waals surface area contributed by atoms with Gasteiger partial charge in [0.1, 0.15) is 5.82 Å². The van der Waals surface area contributed by atoms with Gasteiger partial charge in [-0.05, 0) is 17.7 Å². The monoisotopic (exact) mass is 254 g/mol. The zero-order valence-electron chi connectivity index (χ0n) is 8.60. The molecule has 2 rings (SSSR count). The second-order valence-corrected chi connectivity index (χ2v) is 3.86. The summed E-state index contributed by atoms with van der Waals surface area (Å²) in [4.78, 5) is 10.7. The van der Waals surface area contributed by atoms with E-state index < -0.39 is 5.97 Å². The summed E-state index contributed by atoms with van der Waals surface area (Å²) in [5.41, 5.74) is 0.622. The van der Waals surface area contributed by atoms with Gasteiger partial charge in [0.25, 0.3) is 0 Å². The quantitative estimate of drug-likeness (QED) is 0.915. The lowest BCUT2D eigenvalue weighted by atomic mass is 10.2. The summed E-state index contributed by atoms with van der Waals surface area (Å²) in [6, 6.07) is 5.87. The Hall–Kier alpha value is -1.88. The van der Waals surface area contributed by atoms with E-state index in [1.807, 2.05) is 0 Å². The molecule has 0 bridgehead atoms. The Morgan fingerprint density at radius 2 is 2.06 bits per heavy atom. The fourth-order valence-electron chi connectivity index (χ4n) is 1.40. The van der Waals surface area contributed by atoms with Crippen molar-refractivity contribution in [1.29, 1.82) is 0 Å². The largest absolute Gasteiger partial charge is 0.476 e. The lowest BCUT2D eigenvalue weighted by Gasteiger charge is -2.00. The van der Waals surface area contributed by atoms with E-state index in [9.17, 15) is 9.18 Å². The molecule has 0 aliphatic heterocycles. The first-order valence-electron chi connectivity index (χ1n) is 4.77. The van der Waals surface area contributed by atoms with Gasteiger partial charge in [-0.1, -0.05) is 23.7 Å². The lowest BCUT2D eigenvalue weighted by molar-refractivity contribution is 0.0689. The van der Waals surface area contributed by atoms with Crippen LogP contribution in [0.1, 0.15) is 16.1 Å². The summed E-state index contributed by atoms with van der Waals surface area (Å²) in [5, 5.41) is 12.7. The highest BCUT2D eigenvalue weighted by Gasteiger charge is 2.13. The zero-order valence-corrected chi connectivity index (χ0v) is 9.36. The third-order valence-corrected chi connectivity index (χ3v) is 2.45. The number of nitrogens with zero attached hydrogens (tertiary/aromatic N) is 2. The van der Waals surface area contributed by atoms with Crippen LogP contribution in [0.15, 0.2) is 30.5 Å². The molecule has 0 spiro atoms. The minimum absolute atomic E-state index is 0.0830. The molecule has 0 amide bonds. The molecule has 0 radical (unpaired) electrons. The Balaban J connectivity index is 2.22. The van der Waals surface area contributed by atoms with Gasteiger partial charge in [0.2, 0.25) is 0 Å². The van der Waals surface area contributed by atoms with Crippen molar-refractivity contribution in [1.82, 2.24) is 9.78 Å². The van der Waals surface area contributed by atoms with E-state index in [0.717, 1.165) is 5.56 Å². The van der Waals surface area contributed by atoms with Crippen LogP contribution < -0.4 is 0 Å². The molecule has 1 aromatic heterocycles. The Morgan fingerprint density at radius 1 is 1.41 bits per heavy atom. The molecule has 0 aliphatic carbocycles. The molecule has 6 heteroatoms. The first-order chi connectivity index (χ1) is 8.06. The highest BCUT2D eigenvalue weighted by molar-refractivity contribution is 6.33. The topological polar surface area (TPSA) is 55.1 Å². The third kappa shape index (κ3) is 2.62. The Morgan fingerprint density at radius 3 is 2.59 bits per heavy atom. The predicted molar refractivity (Wildman–Crippen MR) is 59.7 cm³/mol. The van der Waals surface area contributed by atoms with Crippen LogP contribution in [-0.4, -0.2) is 20.9 Å². The molecule has 0 unspecified atom stereocenters. The summed E-state index contributed by atoms with van der Waals surface area (Å²) in [6.45, 7) is 0.341. The lowest BCUT2D eigenvalue weighted by Crippen LogP contribution is -2.04. The van der Waals surface area contributed by atoms with Gasteiger partial charge in [-0.2, -0.15) is 5.10 Å². The Kier molecular flexibility index (Phi) is 3.10. The second kappa shape index (κ2) is 4.55. The first kappa shape index (κ1) is 11.6. The van der Waals surface area contributed by atoms with E-state index >= 15 is 0 Å². The van der Waals surface area contributed by atoms with Crippen molar-refractivity contribution in [2.75, 3.05) is 0 Å². The number of aromatic nitrogens is 2. The molecule has 17 heavy (non-hydrogen) atoms. The summed E-state index contributed by atoms with van der Waals surface area (Å²) in [7, 11) is 0. The number of carboxylic acids is 1. The van der Waals surface area contributed by atoms with Crippen molar-refractivity contribution in [3.05, 3.63) is 52.6 Å². The minimum atomic E-state index is -1.17. The van der Waals surface area contributed by atoms with Crippen LogP contribution in [0.25, 0.3) is 0 Å². The van der Waals surface area contributed by atoms with E-state index in [0.29, 0.717) is 6.54 Å². The fourth-order valence-corrected chi connectivity index (χ4v) is 1.63. The smallest absolute Gasteiger partial charge is 0.357 e. The molecule has 1 heterocycles. The molecule has 0 saturated heterocycles. The molecule has 1 N–H and O–H groups in total. The van der Waals surface area contributed by atoms with Gasteiger partial charge in [-0.3, -0.25) is 4.68 Å². The number of carboxylic acid groups (broad SMARTS) is 1. The van der Waals surface area contributed by atoms with Crippen LogP contribution in [0.4, 0.5) is 4.39 Å². The standard InChI is InChI=1S/C11H8ClFN2O2/c12-9-6-15(14-10(9)11(16)17)5-7-1-3-8(13)4-2-7/h1-4,6H,5H2,(H,16,17). The maximum absolute atomic E-state index is 12.7. The molecule has 0 aliphatic rings. The van der Waals surface area contributed by atoms with Gasteiger partial charge in [-0.25, -0.2) is 9.18 Å². The summed E-state index contributed by atoms with van der Waals surface area (Å²) >= 11 is 5.71. The number of hydrogen-bond donors (Lipinski definition) is 1. The molecule has 1 aromatic carbocycles. The Labute approximate surface area is 101 Å². The van der Waals surface area contributed by atoms with Crippen molar-refractivity contribution >= 4 is 17.6 Å². The number of hydrogen-bond acceptors (Lipinski definition) is 2. The minimum Gasteiger partial charge on any atom is -0.476 e. The van der Waals surface area contributed by atoms with E-state index in [4.69, 9.17) is 16.7 Å². The van der Waals surface area contributed by atoms with Crippen LogP contribution in [0.5, 0.6) is 0 Å². The molecule has 2 aromatic rings. The van der Waals surface area contributed by atoms with Gasteiger partial charge in [0.15, 0.2) is 5.69 Å². The highest BCUT2D eigenvalue weighted by atomic mass is 35.5. The van der Waals surface area contributed by atoms with Crippen LogP contribution in [0, 0.1) is 5.82 Å². The maximum Gasteiger partial charge on any atom is 0.357 e. The van der Waals surface area contributed by atoms with Gasteiger partial charge < -0.3 is 5.11 Å². The number of carbonyl (C=O) groups is 1. The zero-order chi connectivity index (χ0) is 12.4. The average molecular weight is 255 g/mol. The van der Waals surface area contributed by atoms with E-state index in [1.165, 1.54) is 23.0 Å². The third-order valence-electron chi connectivity index (χ3n) is 2.18. The predicted octanol–water partition coefficient (Wildman–Crippen LogP) is 2.42. The van der Waals surface area contributed by atoms with Gasteiger partial charge >= 0.3 is 5.97 Å². The van der Waals surface area contributed by atoms with Crippen molar-refractivity contribution < 1.29 is 14.3 Å². The van der Waals surface area contributed by atoms with Crippen LogP contribution in [-0.2, 0) is 6.54 Å². The fraction of sp³-hybridized carbons (Fsp3) is 0.0909. The molecule has 4 nitrogen and oxygen atoms in total. The van der Waals surface area contributed by atoms with Gasteiger partial charge in [0.05, 0.1) is 11.6 Å². The highest BCUT2D eigenvalue weighted by Crippen LogP contribution is 2.15.